The Morgan fingerprint density at radius 3 is 2.43 bits per heavy atom. The number of anilines is 1. The highest BCUT2D eigenvalue weighted by Gasteiger charge is 2.27. The predicted molar refractivity (Wildman–Crippen MR) is 110 cm³/mol. The Hall–Kier alpha value is -3.46. The van der Waals surface area contributed by atoms with E-state index in [4.69, 9.17) is 11.6 Å². The first-order valence-electron chi connectivity index (χ1n) is 9.22. The number of rotatable bonds is 4. The molecule has 1 fully saturated rings. The molecule has 0 saturated carbocycles. The normalized spacial score (nSPS) is 14.1. The van der Waals surface area contributed by atoms with E-state index in [2.05, 4.69) is 5.10 Å². The van der Waals surface area contributed by atoms with Gasteiger partial charge in [0, 0.05) is 43.5 Å². The molecule has 0 unspecified atom stereocenters. The fourth-order valence-corrected chi connectivity index (χ4v) is 3.56. The molecule has 0 radical (unpaired) electrons. The number of halogens is 2. The lowest BCUT2D eigenvalue weighted by Gasteiger charge is -2.35. The predicted octanol–water partition coefficient (Wildman–Crippen LogP) is 3.54. The smallest absolute Gasteiger partial charge is 0.294 e. The summed E-state index contributed by atoms with van der Waals surface area (Å²) < 4.78 is 14.6. The van der Waals surface area contributed by atoms with Crippen LogP contribution in [0, 0.1) is 15.9 Å². The number of hydrogen-bond acceptors (Lipinski definition) is 5. The molecule has 1 amide bonds. The van der Waals surface area contributed by atoms with Crippen molar-refractivity contribution in [1.82, 2.24) is 14.7 Å². The number of benzene rings is 2. The first-order chi connectivity index (χ1) is 14.4. The van der Waals surface area contributed by atoms with Crippen molar-refractivity contribution in [3.63, 3.8) is 0 Å². The van der Waals surface area contributed by atoms with Gasteiger partial charge in [-0.1, -0.05) is 11.6 Å². The van der Waals surface area contributed by atoms with Crippen LogP contribution < -0.4 is 4.90 Å². The van der Waals surface area contributed by atoms with E-state index in [0.29, 0.717) is 42.6 Å². The van der Waals surface area contributed by atoms with Crippen molar-refractivity contribution < 1.29 is 14.1 Å². The fraction of sp³-hybridized carbons (Fsp3) is 0.200. The monoisotopic (exact) mass is 429 g/mol. The third-order valence-corrected chi connectivity index (χ3v) is 5.18. The lowest BCUT2D eigenvalue weighted by atomic mass is 10.2. The second kappa shape index (κ2) is 8.11. The summed E-state index contributed by atoms with van der Waals surface area (Å²) in [6.07, 6.45) is 1.65. The Labute approximate surface area is 176 Å². The van der Waals surface area contributed by atoms with E-state index in [-0.39, 0.29) is 23.1 Å². The number of hydrogen-bond donors (Lipinski definition) is 0. The Morgan fingerprint density at radius 2 is 1.77 bits per heavy atom. The van der Waals surface area contributed by atoms with Gasteiger partial charge < -0.3 is 9.80 Å². The van der Waals surface area contributed by atoms with Crippen molar-refractivity contribution in [2.24, 2.45) is 0 Å². The van der Waals surface area contributed by atoms with Crippen LogP contribution in [-0.2, 0) is 0 Å². The molecule has 4 rings (SSSR count). The Bertz CT molecular complexity index is 1090. The first kappa shape index (κ1) is 19.8. The van der Waals surface area contributed by atoms with Crippen LogP contribution >= 0.6 is 11.6 Å². The Balaban J connectivity index is 1.44. The number of carbonyl (C=O) groups excluding carboxylic acids is 1. The molecule has 0 spiro atoms. The highest BCUT2D eigenvalue weighted by atomic mass is 35.5. The van der Waals surface area contributed by atoms with Crippen LogP contribution in [0.15, 0.2) is 54.7 Å². The average Bonchev–Trinajstić information content (AvgIpc) is 3.24. The van der Waals surface area contributed by atoms with Crippen LogP contribution in [0.2, 0.25) is 5.02 Å². The summed E-state index contributed by atoms with van der Waals surface area (Å²) in [5.74, 6) is -0.567. The Morgan fingerprint density at radius 1 is 1.07 bits per heavy atom. The van der Waals surface area contributed by atoms with Crippen LogP contribution in [-0.4, -0.2) is 51.7 Å². The van der Waals surface area contributed by atoms with Crippen molar-refractivity contribution in [3.05, 3.63) is 81.4 Å². The van der Waals surface area contributed by atoms with E-state index in [1.54, 1.807) is 41.4 Å². The summed E-state index contributed by atoms with van der Waals surface area (Å²) in [6.45, 7) is 1.71. The van der Waals surface area contributed by atoms with Gasteiger partial charge in [-0.15, -0.1) is 0 Å². The first-order valence-corrected chi connectivity index (χ1v) is 9.60. The molecule has 2 heterocycles. The molecule has 3 aromatic rings. The summed E-state index contributed by atoms with van der Waals surface area (Å²) in [7, 11) is 0. The molecule has 0 bridgehead atoms. The molecule has 0 atom stereocenters. The van der Waals surface area contributed by atoms with Gasteiger partial charge in [-0.25, -0.2) is 9.07 Å². The van der Waals surface area contributed by atoms with Gasteiger partial charge in [0.2, 0.25) is 0 Å². The minimum Gasteiger partial charge on any atom is -0.362 e. The molecule has 1 saturated heterocycles. The molecule has 30 heavy (non-hydrogen) atoms. The minimum atomic E-state index is -0.458. The number of nitro groups is 1. The maximum Gasteiger partial charge on any atom is 0.294 e. The second-order valence-corrected chi connectivity index (χ2v) is 7.23. The van der Waals surface area contributed by atoms with Crippen LogP contribution in [0.3, 0.4) is 0 Å². The van der Waals surface area contributed by atoms with Gasteiger partial charge in [0.25, 0.3) is 11.6 Å². The summed E-state index contributed by atoms with van der Waals surface area (Å²) >= 11 is 5.88. The third-order valence-electron chi connectivity index (χ3n) is 4.94. The molecule has 2 aromatic carbocycles. The van der Waals surface area contributed by atoms with Gasteiger partial charge in [-0.05, 0) is 42.5 Å². The molecular weight excluding hydrogens is 413 g/mol. The topological polar surface area (TPSA) is 84.5 Å². The lowest BCUT2D eigenvalue weighted by molar-refractivity contribution is -0.384. The second-order valence-electron chi connectivity index (χ2n) is 6.79. The molecule has 1 aliphatic heterocycles. The van der Waals surface area contributed by atoms with E-state index >= 15 is 0 Å². The Kier molecular flexibility index (Phi) is 5.37. The molecule has 8 nitrogen and oxygen atoms in total. The van der Waals surface area contributed by atoms with Crippen LogP contribution in [0.5, 0.6) is 0 Å². The summed E-state index contributed by atoms with van der Waals surface area (Å²) in [5.41, 5.74) is 1.36. The fourth-order valence-electron chi connectivity index (χ4n) is 3.40. The number of aromatic nitrogens is 2. The zero-order chi connectivity index (χ0) is 21.3. The van der Waals surface area contributed by atoms with Crippen molar-refractivity contribution in [1.29, 1.82) is 0 Å². The largest absolute Gasteiger partial charge is 0.362 e. The SMILES string of the molecule is O=C(c1ccn(-c2ccc(F)cc2)n1)N1CCN(c2ccc(Cl)cc2[N+](=O)[O-])CC1. The lowest BCUT2D eigenvalue weighted by Crippen LogP contribution is -2.49. The van der Waals surface area contributed by atoms with Gasteiger partial charge >= 0.3 is 0 Å². The van der Waals surface area contributed by atoms with Crippen LogP contribution in [0.25, 0.3) is 5.69 Å². The number of nitrogens with zero attached hydrogens (tertiary/aromatic N) is 5. The molecule has 1 aromatic heterocycles. The van der Waals surface area contributed by atoms with Gasteiger partial charge in [0.15, 0.2) is 5.69 Å². The van der Waals surface area contributed by atoms with Crippen molar-refractivity contribution in [2.45, 2.75) is 0 Å². The molecule has 10 heteroatoms. The highest BCUT2D eigenvalue weighted by Crippen LogP contribution is 2.31. The molecule has 1 aliphatic rings. The summed E-state index contributed by atoms with van der Waals surface area (Å²) in [5, 5.41) is 15.9. The maximum atomic E-state index is 13.1. The number of carbonyl (C=O) groups is 1. The highest BCUT2D eigenvalue weighted by molar-refractivity contribution is 6.30. The van der Waals surface area contributed by atoms with E-state index in [9.17, 15) is 19.3 Å². The number of piperazine rings is 1. The zero-order valence-electron chi connectivity index (χ0n) is 15.7. The van der Waals surface area contributed by atoms with E-state index in [1.165, 1.54) is 22.9 Å². The van der Waals surface area contributed by atoms with Gasteiger partial charge in [-0.3, -0.25) is 14.9 Å². The average molecular weight is 430 g/mol. The van der Waals surface area contributed by atoms with Crippen LogP contribution in [0.4, 0.5) is 15.8 Å². The number of amides is 1. The van der Waals surface area contributed by atoms with Crippen molar-refractivity contribution in [2.75, 3.05) is 31.1 Å². The zero-order valence-corrected chi connectivity index (χ0v) is 16.5. The molecular formula is C20H17ClFN5O3. The quantitative estimate of drug-likeness (QED) is 0.468. The minimum absolute atomic E-state index is 0.0553. The van der Waals surface area contributed by atoms with E-state index in [0.717, 1.165) is 0 Å². The maximum absolute atomic E-state index is 13.1. The standard InChI is InChI=1S/C20H17ClFN5O3/c21-14-1-6-18(19(13-14)27(29)30)24-9-11-25(12-10-24)20(28)17-7-8-26(23-17)16-4-2-15(22)3-5-16/h1-8,13H,9-12H2. The molecule has 154 valence electrons. The van der Waals surface area contributed by atoms with E-state index in [1.807, 2.05) is 4.90 Å². The van der Waals surface area contributed by atoms with Gasteiger partial charge in [-0.2, -0.15) is 5.10 Å². The van der Waals surface area contributed by atoms with Crippen molar-refractivity contribution in [3.8, 4) is 5.69 Å². The third kappa shape index (κ3) is 3.97. The van der Waals surface area contributed by atoms with Crippen LogP contribution in [0.1, 0.15) is 10.5 Å². The van der Waals surface area contributed by atoms with Crippen molar-refractivity contribution >= 4 is 28.9 Å². The van der Waals surface area contributed by atoms with Gasteiger partial charge in [0.05, 0.1) is 10.6 Å². The molecule has 0 N–H and O–H groups in total. The summed E-state index contributed by atoms with van der Waals surface area (Å²) in [4.78, 5) is 27.2. The summed E-state index contributed by atoms with van der Waals surface area (Å²) in [6, 6.07) is 12.0. The van der Waals surface area contributed by atoms with Gasteiger partial charge in [0.1, 0.15) is 11.5 Å². The molecule has 0 aliphatic carbocycles. The number of nitro benzene ring substituents is 1. The van der Waals surface area contributed by atoms with E-state index < -0.39 is 4.92 Å².